The maximum atomic E-state index is 4.71. The van der Waals surface area contributed by atoms with Crippen molar-refractivity contribution in [1.29, 1.82) is 0 Å². The van der Waals surface area contributed by atoms with Gasteiger partial charge in [-0.25, -0.2) is 4.98 Å². The maximum absolute atomic E-state index is 4.71. The molecule has 0 N–H and O–H groups in total. The van der Waals surface area contributed by atoms with Crippen LogP contribution in [0.1, 0.15) is 19.3 Å². The van der Waals surface area contributed by atoms with Crippen LogP contribution in [0, 0.1) is 0 Å². The Morgan fingerprint density at radius 3 is 2.17 bits per heavy atom. The Hall–Kier alpha value is -1.60. The molecule has 2 fully saturated rings. The van der Waals surface area contributed by atoms with Crippen LogP contribution in [0.5, 0.6) is 0 Å². The number of anilines is 2. The summed E-state index contributed by atoms with van der Waals surface area (Å²) in [5, 5.41) is 0. The predicted molar refractivity (Wildman–Crippen MR) is 125 cm³/mol. The van der Waals surface area contributed by atoms with Crippen LogP contribution in [0.25, 0.3) is 0 Å². The van der Waals surface area contributed by atoms with E-state index in [0.29, 0.717) is 0 Å². The third-order valence-corrected chi connectivity index (χ3v) is 7.74. The highest BCUT2D eigenvalue weighted by Gasteiger charge is 2.24. The highest BCUT2D eigenvalue weighted by atomic mass is 32.2. The van der Waals surface area contributed by atoms with Crippen LogP contribution in [0.3, 0.4) is 0 Å². The Labute approximate surface area is 185 Å². The number of hydrogen-bond acceptors (Lipinski definition) is 6. The molecule has 30 heavy (non-hydrogen) atoms. The molecule has 3 aliphatic heterocycles. The van der Waals surface area contributed by atoms with E-state index in [4.69, 9.17) is 4.98 Å². The van der Waals surface area contributed by atoms with Gasteiger partial charge < -0.3 is 14.7 Å². The number of pyridine rings is 1. The minimum absolute atomic E-state index is 1.02. The fourth-order valence-corrected chi connectivity index (χ4v) is 5.94. The van der Waals surface area contributed by atoms with Crippen LogP contribution < -0.4 is 4.90 Å². The summed E-state index contributed by atoms with van der Waals surface area (Å²) in [5.74, 6) is 1.12. The van der Waals surface area contributed by atoms with Crippen LogP contribution in [-0.2, 0) is 0 Å². The number of hydrogen-bond donors (Lipinski definition) is 0. The average molecular weight is 424 g/mol. The molecule has 0 atom stereocenters. The first kappa shape index (κ1) is 20.3. The number of benzene rings is 1. The van der Waals surface area contributed by atoms with Crippen molar-refractivity contribution in [2.24, 2.45) is 0 Å². The molecule has 5 rings (SSSR count). The molecule has 0 amide bonds. The van der Waals surface area contributed by atoms with Gasteiger partial charge in [0.05, 0.1) is 10.6 Å². The highest BCUT2D eigenvalue weighted by molar-refractivity contribution is 7.99. The first-order valence-corrected chi connectivity index (χ1v) is 12.3. The third kappa shape index (κ3) is 4.67. The summed E-state index contributed by atoms with van der Waals surface area (Å²) in [6.07, 6.45) is 5.88. The smallest absolute Gasteiger partial charge is 0.147 e. The molecule has 6 heteroatoms. The molecular weight excluding hydrogens is 390 g/mol. The Balaban J connectivity index is 1.11. The molecule has 0 radical (unpaired) electrons. The quantitative estimate of drug-likeness (QED) is 0.672. The number of nitrogens with zero attached hydrogens (tertiary/aromatic N) is 5. The van der Waals surface area contributed by atoms with E-state index in [1.165, 1.54) is 93.6 Å². The van der Waals surface area contributed by atoms with Crippen LogP contribution >= 0.6 is 11.8 Å². The Morgan fingerprint density at radius 1 is 0.700 bits per heavy atom. The zero-order chi connectivity index (χ0) is 20.2. The minimum atomic E-state index is 1.02. The largest absolute Gasteiger partial charge is 0.324 e. The average Bonchev–Trinajstić information content (AvgIpc) is 3.32. The minimum Gasteiger partial charge on any atom is -0.324 e. The lowest BCUT2D eigenvalue weighted by atomic mass is 10.2. The van der Waals surface area contributed by atoms with E-state index in [0.717, 1.165) is 12.4 Å². The van der Waals surface area contributed by atoms with Crippen molar-refractivity contribution in [2.45, 2.75) is 29.1 Å². The van der Waals surface area contributed by atoms with Gasteiger partial charge in [0.25, 0.3) is 0 Å². The summed E-state index contributed by atoms with van der Waals surface area (Å²) in [7, 11) is 0. The maximum Gasteiger partial charge on any atom is 0.147 e. The van der Waals surface area contributed by atoms with Crippen LogP contribution in [0.2, 0.25) is 0 Å². The van der Waals surface area contributed by atoms with Crippen molar-refractivity contribution in [3.63, 3.8) is 0 Å². The summed E-state index contributed by atoms with van der Waals surface area (Å²) >= 11 is 1.84. The number of fused-ring (bicyclic) bond motifs is 2. The van der Waals surface area contributed by atoms with Crippen molar-refractivity contribution >= 4 is 23.3 Å². The van der Waals surface area contributed by atoms with Gasteiger partial charge in [0, 0.05) is 56.9 Å². The summed E-state index contributed by atoms with van der Waals surface area (Å²) in [6, 6.07) is 13.0. The van der Waals surface area contributed by atoms with Crippen LogP contribution in [-0.4, -0.2) is 85.1 Å². The molecule has 5 nitrogen and oxygen atoms in total. The van der Waals surface area contributed by atoms with Crippen LogP contribution in [0.4, 0.5) is 11.5 Å². The van der Waals surface area contributed by atoms with E-state index in [1.54, 1.807) is 0 Å². The van der Waals surface area contributed by atoms with Gasteiger partial charge in [-0.2, -0.15) is 0 Å². The first-order chi connectivity index (χ1) is 14.9. The van der Waals surface area contributed by atoms with Gasteiger partial charge in [-0.15, -0.1) is 0 Å². The third-order valence-electron chi connectivity index (χ3n) is 6.63. The van der Waals surface area contributed by atoms with Crippen molar-refractivity contribution in [3.8, 4) is 0 Å². The molecule has 2 saturated heterocycles. The van der Waals surface area contributed by atoms with E-state index in [9.17, 15) is 0 Å². The van der Waals surface area contributed by atoms with E-state index in [-0.39, 0.29) is 0 Å². The zero-order valence-electron chi connectivity index (χ0n) is 17.9. The number of rotatable bonds is 7. The number of likely N-dealkylation sites (tertiary alicyclic amines) is 1. The Kier molecular flexibility index (Phi) is 6.56. The molecule has 0 bridgehead atoms. The normalized spacial score (nSPS) is 20.3. The first-order valence-electron chi connectivity index (χ1n) is 11.5. The SMILES string of the molecule is c1ccc2c(c1)Sc1cccnc1N2CCCN1CCN(CCN2CCCC2)CC1. The van der Waals surface area contributed by atoms with Gasteiger partial charge in [0.15, 0.2) is 0 Å². The highest BCUT2D eigenvalue weighted by Crippen LogP contribution is 2.46. The summed E-state index contributed by atoms with van der Waals surface area (Å²) in [6.45, 7) is 12.2. The number of para-hydroxylation sites is 1. The van der Waals surface area contributed by atoms with E-state index < -0.39 is 0 Å². The Bertz CT molecular complexity index is 784. The van der Waals surface area contributed by atoms with Crippen molar-refractivity contribution < 1.29 is 0 Å². The fraction of sp³-hybridized carbons (Fsp3) is 0.542. The molecule has 4 heterocycles. The summed E-state index contributed by atoms with van der Waals surface area (Å²) in [5.41, 5.74) is 1.31. The molecule has 0 unspecified atom stereocenters. The molecule has 160 valence electrons. The molecule has 1 aromatic heterocycles. The van der Waals surface area contributed by atoms with Gasteiger partial charge >= 0.3 is 0 Å². The van der Waals surface area contributed by atoms with Gasteiger partial charge in [0.2, 0.25) is 0 Å². The second-order valence-electron chi connectivity index (χ2n) is 8.63. The van der Waals surface area contributed by atoms with Crippen molar-refractivity contribution in [3.05, 3.63) is 42.6 Å². The predicted octanol–water partition coefficient (Wildman–Crippen LogP) is 3.79. The number of piperazine rings is 1. The molecule has 1 aromatic carbocycles. The van der Waals surface area contributed by atoms with Gasteiger partial charge in [-0.05, 0) is 63.2 Å². The van der Waals surface area contributed by atoms with Gasteiger partial charge in [0.1, 0.15) is 5.82 Å². The molecule has 0 saturated carbocycles. The monoisotopic (exact) mass is 423 g/mol. The molecule has 2 aromatic rings. The van der Waals surface area contributed by atoms with E-state index >= 15 is 0 Å². The van der Waals surface area contributed by atoms with Crippen LogP contribution in [0.15, 0.2) is 52.4 Å². The van der Waals surface area contributed by atoms with E-state index in [1.807, 2.05) is 24.0 Å². The second-order valence-corrected chi connectivity index (χ2v) is 9.72. The Morgan fingerprint density at radius 2 is 1.37 bits per heavy atom. The second kappa shape index (κ2) is 9.69. The van der Waals surface area contributed by atoms with E-state index in [2.05, 4.69) is 49.9 Å². The molecule has 0 spiro atoms. The van der Waals surface area contributed by atoms with Crippen molar-refractivity contribution in [1.82, 2.24) is 19.7 Å². The van der Waals surface area contributed by atoms with Gasteiger partial charge in [-0.3, -0.25) is 4.90 Å². The standard InChI is InChI=1S/C24H33N5S/c1-2-8-22-21(7-1)29(24-23(30-22)9-5-10-25-24)14-6-13-27-16-19-28(20-17-27)18-15-26-11-3-4-12-26/h1-2,5,7-10H,3-4,6,11-20H2. The molecule has 0 aliphatic carbocycles. The lowest BCUT2D eigenvalue weighted by molar-refractivity contribution is 0.122. The topological polar surface area (TPSA) is 25.9 Å². The van der Waals surface area contributed by atoms with Crippen molar-refractivity contribution in [2.75, 3.05) is 70.3 Å². The van der Waals surface area contributed by atoms with Gasteiger partial charge in [-0.1, -0.05) is 23.9 Å². The fourth-order valence-electron chi connectivity index (χ4n) is 4.87. The summed E-state index contributed by atoms with van der Waals surface area (Å²) in [4.78, 5) is 17.7. The molecular formula is C24H33N5S. The summed E-state index contributed by atoms with van der Waals surface area (Å²) < 4.78 is 0. The number of aromatic nitrogens is 1. The lowest BCUT2D eigenvalue weighted by Crippen LogP contribution is -2.48. The zero-order valence-corrected chi connectivity index (χ0v) is 18.7. The molecule has 3 aliphatic rings. The lowest BCUT2D eigenvalue weighted by Gasteiger charge is -2.36.